The Bertz CT molecular complexity index is 684. The van der Waals surface area contributed by atoms with Gasteiger partial charge in [-0.15, -0.1) is 0 Å². The first-order valence-corrected chi connectivity index (χ1v) is 5.05. The molecule has 0 amide bonds. The number of H-pyrrole nitrogens is 1. The van der Waals surface area contributed by atoms with Gasteiger partial charge in [0.2, 0.25) is 0 Å². The van der Waals surface area contributed by atoms with Crippen molar-refractivity contribution in [3.63, 3.8) is 0 Å². The predicted octanol–water partition coefficient (Wildman–Crippen LogP) is -0.103. The number of ether oxygens (including phenoxy) is 1. The number of aromatic carboxylic acids is 1. The average Bonchev–Trinajstić information content (AvgIpc) is 2.74. The van der Waals surface area contributed by atoms with Crippen LogP contribution in [0.2, 0.25) is 0 Å². The molecule has 2 aromatic rings. The quantitative estimate of drug-likeness (QED) is 0.736. The summed E-state index contributed by atoms with van der Waals surface area (Å²) in [6.07, 6.45) is 2.16. The Labute approximate surface area is 99.8 Å². The summed E-state index contributed by atoms with van der Waals surface area (Å²) >= 11 is 0. The van der Waals surface area contributed by atoms with E-state index in [-0.39, 0.29) is 17.8 Å². The van der Waals surface area contributed by atoms with Crippen molar-refractivity contribution in [2.45, 2.75) is 6.92 Å². The zero-order chi connectivity index (χ0) is 13.3. The Hall–Kier alpha value is -2.64. The van der Waals surface area contributed by atoms with Crippen molar-refractivity contribution in [3.8, 4) is 0 Å². The number of aromatic nitrogens is 3. The third-order valence-electron chi connectivity index (χ3n) is 2.27. The predicted molar refractivity (Wildman–Crippen MR) is 58.7 cm³/mol. The van der Waals surface area contributed by atoms with Crippen LogP contribution in [0.25, 0.3) is 5.65 Å². The molecule has 0 saturated heterocycles. The molecule has 0 aliphatic rings. The van der Waals surface area contributed by atoms with Crippen molar-refractivity contribution in [2.24, 2.45) is 0 Å². The van der Waals surface area contributed by atoms with E-state index in [1.807, 2.05) is 0 Å². The van der Waals surface area contributed by atoms with E-state index in [9.17, 15) is 14.4 Å². The number of carbonyl (C=O) groups is 2. The fourth-order valence-corrected chi connectivity index (χ4v) is 1.46. The molecule has 0 atom stereocenters. The molecule has 0 radical (unpaired) electrons. The molecule has 0 aromatic carbocycles. The minimum absolute atomic E-state index is 0.0310. The minimum atomic E-state index is -1.38. The SMILES string of the molecule is CCOC(=O)c1c[nH]n2c(=O)c(C(=O)O)cnc12. The van der Waals surface area contributed by atoms with Crippen LogP contribution in [0.5, 0.6) is 0 Å². The number of fused-ring (bicyclic) bond motifs is 1. The van der Waals surface area contributed by atoms with Gasteiger partial charge < -0.3 is 9.84 Å². The molecule has 0 bridgehead atoms. The molecule has 8 nitrogen and oxygen atoms in total. The van der Waals surface area contributed by atoms with Crippen LogP contribution in [0.4, 0.5) is 0 Å². The summed E-state index contributed by atoms with van der Waals surface area (Å²) in [5, 5.41) is 11.2. The van der Waals surface area contributed by atoms with Crippen molar-refractivity contribution in [1.29, 1.82) is 0 Å². The molecule has 0 saturated carbocycles. The molecule has 0 spiro atoms. The van der Waals surface area contributed by atoms with Gasteiger partial charge in [-0.05, 0) is 6.92 Å². The number of hydrogen-bond acceptors (Lipinski definition) is 5. The molecule has 94 valence electrons. The molecule has 0 fully saturated rings. The normalized spacial score (nSPS) is 10.5. The number of esters is 1. The average molecular weight is 251 g/mol. The number of hydrogen-bond donors (Lipinski definition) is 2. The minimum Gasteiger partial charge on any atom is -0.477 e. The number of carbonyl (C=O) groups excluding carboxylic acids is 1. The number of carboxylic acids is 1. The van der Waals surface area contributed by atoms with Gasteiger partial charge in [0.15, 0.2) is 5.65 Å². The first kappa shape index (κ1) is 11.8. The van der Waals surface area contributed by atoms with E-state index in [4.69, 9.17) is 9.84 Å². The van der Waals surface area contributed by atoms with Gasteiger partial charge in [-0.2, -0.15) is 0 Å². The summed E-state index contributed by atoms with van der Waals surface area (Å²) in [7, 11) is 0. The van der Waals surface area contributed by atoms with Crippen molar-refractivity contribution in [1.82, 2.24) is 14.6 Å². The molecule has 0 unspecified atom stereocenters. The third kappa shape index (κ3) is 1.73. The summed E-state index contributed by atoms with van der Waals surface area (Å²) < 4.78 is 5.67. The lowest BCUT2D eigenvalue weighted by Crippen LogP contribution is -2.23. The van der Waals surface area contributed by atoms with Crippen molar-refractivity contribution >= 4 is 17.6 Å². The van der Waals surface area contributed by atoms with Crippen molar-refractivity contribution in [3.05, 3.63) is 33.9 Å². The molecule has 0 aliphatic heterocycles. The highest BCUT2D eigenvalue weighted by Crippen LogP contribution is 2.07. The van der Waals surface area contributed by atoms with Crippen LogP contribution in [-0.2, 0) is 4.74 Å². The highest BCUT2D eigenvalue weighted by atomic mass is 16.5. The molecule has 2 heterocycles. The first-order chi connectivity index (χ1) is 8.56. The van der Waals surface area contributed by atoms with E-state index < -0.39 is 23.1 Å². The van der Waals surface area contributed by atoms with E-state index in [1.165, 1.54) is 6.20 Å². The molecule has 8 heteroatoms. The maximum atomic E-state index is 11.7. The number of nitrogens with one attached hydrogen (secondary N) is 1. The van der Waals surface area contributed by atoms with Crippen LogP contribution in [0.1, 0.15) is 27.6 Å². The summed E-state index contributed by atoms with van der Waals surface area (Å²) in [4.78, 5) is 37.8. The van der Waals surface area contributed by atoms with Crippen LogP contribution in [0.15, 0.2) is 17.2 Å². The number of carboxylic acid groups (broad SMARTS) is 1. The highest BCUT2D eigenvalue weighted by molar-refractivity contribution is 5.96. The number of nitrogens with zero attached hydrogens (tertiary/aromatic N) is 2. The molecule has 2 aromatic heterocycles. The monoisotopic (exact) mass is 251 g/mol. The lowest BCUT2D eigenvalue weighted by Gasteiger charge is -1.99. The highest BCUT2D eigenvalue weighted by Gasteiger charge is 2.18. The molecular formula is C10H9N3O5. The van der Waals surface area contributed by atoms with Crippen LogP contribution < -0.4 is 5.56 Å². The van der Waals surface area contributed by atoms with Gasteiger partial charge in [0, 0.05) is 12.4 Å². The lowest BCUT2D eigenvalue weighted by molar-refractivity contribution is 0.0528. The van der Waals surface area contributed by atoms with Gasteiger partial charge >= 0.3 is 11.9 Å². The second-order valence-corrected chi connectivity index (χ2v) is 3.35. The van der Waals surface area contributed by atoms with Crippen LogP contribution in [0, 0.1) is 0 Å². The zero-order valence-electron chi connectivity index (χ0n) is 9.34. The summed E-state index contributed by atoms with van der Waals surface area (Å²) in [6.45, 7) is 1.84. The zero-order valence-corrected chi connectivity index (χ0v) is 9.34. The largest absolute Gasteiger partial charge is 0.477 e. The van der Waals surface area contributed by atoms with Gasteiger partial charge in [-0.25, -0.2) is 19.1 Å². The Kier molecular flexibility index (Phi) is 2.84. The van der Waals surface area contributed by atoms with Crippen LogP contribution >= 0.6 is 0 Å². The van der Waals surface area contributed by atoms with Crippen LogP contribution in [-0.4, -0.2) is 38.3 Å². The fourth-order valence-electron chi connectivity index (χ4n) is 1.46. The summed E-state index contributed by atoms with van der Waals surface area (Å²) in [5.74, 6) is -2.01. The van der Waals surface area contributed by atoms with Gasteiger partial charge in [-0.3, -0.25) is 9.89 Å². The van der Waals surface area contributed by atoms with Crippen LogP contribution in [0.3, 0.4) is 0 Å². The standard InChI is InChI=1S/C10H9N3O5/c1-2-18-10(17)5-4-12-13-7(5)11-3-6(8(13)14)9(15)16/h3-4,12H,2H2,1H3,(H,15,16). The maximum absolute atomic E-state index is 11.7. The fraction of sp³-hybridized carbons (Fsp3) is 0.200. The van der Waals surface area contributed by atoms with E-state index in [2.05, 4.69) is 10.1 Å². The van der Waals surface area contributed by atoms with Gasteiger partial charge in [0.05, 0.1) is 6.61 Å². The molecular weight excluding hydrogens is 242 g/mol. The second-order valence-electron chi connectivity index (χ2n) is 3.35. The third-order valence-corrected chi connectivity index (χ3v) is 2.27. The van der Waals surface area contributed by atoms with Gasteiger partial charge in [0.1, 0.15) is 11.1 Å². The maximum Gasteiger partial charge on any atom is 0.343 e. The van der Waals surface area contributed by atoms with Crippen molar-refractivity contribution in [2.75, 3.05) is 6.61 Å². The van der Waals surface area contributed by atoms with Gasteiger partial charge in [0.25, 0.3) is 5.56 Å². The topological polar surface area (TPSA) is 114 Å². The number of aromatic amines is 1. The van der Waals surface area contributed by atoms with E-state index in [0.29, 0.717) is 0 Å². The van der Waals surface area contributed by atoms with E-state index in [0.717, 1.165) is 10.7 Å². The van der Waals surface area contributed by atoms with E-state index >= 15 is 0 Å². The molecule has 18 heavy (non-hydrogen) atoms. The second kappa shape index (κ2) is 4.32. The molecule has 0 aliphatic carbocycles. The Morgan fingerprint density at radius 1 is 1.50 bits per heavy atom. The number of rotatable bonds is 3. The molecule has 2 rings (SSSR count). The summed E-state index contributed by atoms with van der Waals surface area (Å²) in [5.41, 5.74) is -1.16. The van der Waals surface area contributed by atoms with Gasteiger partial charge in [-0.1, -0.05) is 0 Å². The smallest absolute Gasteiger partial charge is 0.343 e. The Morgan fingerprint density at radius 3 is 2.83 bits per heavy atom. The first-order valence-electron chi connectivity index (χ1n) is 5.05. The van der Waals surface area contributed by atoms with E-state index in [1.54, 1.807) is 6.92 Å². The summed E-state index contributed by atoms with van der Waals surface area (Å²) in [6, 6.07) is 0. The Morgan fingerprint density at radius 2 is 2.22 bits per heavy atom. The van der Waals surface area contributed by atoms with Crippen molar-refractivity contribution < 1.29 is 19.4 Å². The lowest BCUT2D eigenvalue weighted by atomic mass is 10.3. The molecule has 2 N–H and O–H groups in total. The Balaban J connectivity index is 2.63.